The Morgan fingerprint density at radius 3 is 1.59 bits per heavy atom. The van der Waals surface area contributed by atoms with Crippen LogP contribution in [0.3, 0.4) is 0 Å². The zero-order valence-electron chi connectivity index (χ0n) is 16.4. The second-order valence-corrected chi connectivity index (χ2v) is 8.35. The highest BCUT2D eigenvalue weighted by atomic mass is 35.5. The lowest BCUT2D eigenvalue weighted by molar-refractivity contribution is 0.276. The van der Waals surface area contributed by atoms with E-state index in [0.717, 1.165) is 67.9 Å². The fourth-order valence-electron chi connectivity index (χ4n) is 3.34. The van der Waals surface area contributed by atoms with Gasteiger partial charge < -0.3 is 18.9 Å². The molecule has 4 nitrogen and oxygen atoms in total. The minimum Gasteiger partial charge on any atom is -0.492 e. The van der Waals surface area contributed by atoms with Gasteiger partial charge in [-0.3, -0.25) is 0 Å². The molecule has 2 saturated heterocycles. The van der Waals surface area contributed by atoms with Crippen molar-refractivity contribution in [1.29, 1.82) is 0 Å². The quantitative estimate of drug-likeness (QED) is 0.325. The Kier molecular flexibility index (Phi) is 7.20. The molecule has 0 bridgehead atoms. The average Bonchev–Trinajstić information content (AvgIpc) is 3.61. The molecule has 6 heteroatoms. The fraction of sp³-hybridized carbons (Fsp3) is 0.478. The lowest BCUT2D eigenvalue weighted by atomic mass is 10.1. The summed E-state index contributed by atoms with van der Waals surface area (Å²) in [5.74, 6) is 1.59. The van der Waals surface area contributed by atoms with Crippen molar-refractivity contribution in [3.63, 3.8) is 0 Å². The summed E-state index contributed by atoms with van der Waals surface area (Å²) in [6.45, 7) is 2.93. The van der Waals surface area contributed by atoms with E-state index in [4.69, 9.17) is 42.1 Å². The molecular formula is C23H26Cl2O4. The van der Waals surface area contributed by atoms with Crippen LogP contribution in [0.25, 0.3) is 0 Å². The van der Waals surface area contributed by atoms with Crippen molar-refractivity contribution in [2.75, 3.05) is 26.4 Å². The summed E-state index contributed by atoms with van der Waals surface area (Å²) in [5.41, 5.74) is 2.24. The van der Waals surface area contributed by atoms with Crippen LogP contribution in [0, 0.1) is 0 Å². The Hall–Kier alpha value is -1.46. The predicted octanol–water partition coefficient (Wildman–Crippen LogP) is 5.50. The van der Waals surface area contributed by atoms with Crippen LogP contribution in [0.4, 0.5) is 0 Å². The number of hydrogen-bond acceptors (Lipinski definition) is 4. The maximum absolute atomic E-state index is 6.33. The van der Waals surface area contributed by atoms with E-state index >= 15 is 0 Å². The summed E-state index contributed by atoms with van der Waals surface area (Å²) in [6, 6.07) is 11.8. The van der Waals surface area contributed by atoms with Crippen molar-refractivity contribution in [2.24, 2.45) is 0 Å². The number of hydrogen-bond donors (Lipinski definition) is 0. The van der Waals surface area contributed by atoms with Crippen LogP contribution in [0.5, 0.6) is 11.5 Å². The van der Waals surface area contributed by atoms with Gasteiger partial charge in [-0.1, -0.05) is 47.5 Å². The Balaban J connectivity index is 1.18. The zero-order chi connectivity index (χ0) is 20.1. The first-order chi connectivity index (χ1) is 14.2. The highest BCUT2D eigenvalue weighted by Gasteiger charge is 2.25. The summed E-state index contributed by atoms with van der Waals surface area (Å²) >= 11 is 12.7. The molecule has 2 aliphatic heterocycles. The van der Waals surface area contributed by atoms with Gasteiger partial charge in [0.15, 0.2) is 0 Å². The van der Waals surface area contributed by atoms with E-state index in [1.807, 2.05) is 24.3 Å². The monoisotopic (exact) mass is 436 g/mol. The maximum atomic E-state index is 6.33. The van der Waals surface area contributed by atoms with Crippen molar-refractivity contribution >= 4 is 23.2 Å². The number of benzene rings is 2. The fourth-order valence-corrected chi connectivity index (χ4v) is 3.84. The summed E-state index contributed by atoms with van der Waals surface area (Å²) in [5, 5.41) is 1.33. The number of halogens is 2. The van der Waals surface area contributed by atoms with Gasteiger partial charge in [0.1, 0.15) is 11.5 Å². The predicted molar refractivity (Wildman–Crippen MR) is 115 cm³/mol. The molecule has 2 aromatic rings. The lowest BCUT2D eigenvalue weighted by Crippen LogP contribution is -2.05. The molecule has 0 aliphatic carbocycles. The van der Waals surface area contributed by atoms with Crippen LogP contribution >= 0.6 is 23.2 Å². The van der Waals surface area contributed by atoms with Gasteiger partial charge in [0.25, 0.3) is 0 Å². The molecule has 0 N–H and O–H groups in total. The molecule has 4 rings (SSSR count). The SMILES string of the molecule is Clc1cccc(CC2CO2)c1OCCCCCOc1c(Cl)cccc1CC1CO1. The summed E-state index contributed by atoms with van der Waals surface area (Å²) in [4.78, 5) is 0. The number of para-hydroxylation sites is 2. The molecular weight excluding hydrogens is 411 g/mol. The van der Waals surface area contributed by atoms with Crippen molar-refractivity contribution in [1.82, 2.24) is 0 Å². The molecule has 0 radical (unpaired) electrons. The Morgan fingerprint density at radius 2 is 1.17 bits per heavy atom. The molecule has 0 saturated carbocycles. The molecule has 156 valence electrons. The van der Waals surface area contributed by atoms with Gasteiger partial charge in [-0.05, 0) is 42.5 Å². The van der Waals surface area contributed by atoms with Gasteiger partial charge in [0, 0.05) is 12.8 Å². The average molecular weight is 437 g/mol. The summed E-state index contributed by atoms with van der Waals surface area (Å²) in [7, 11) is 0. The molecule has 29 heavy (non-hydrogen) atoms. The van der Waals surface area contributed by atoms with Gasteiger partial charge in [-0.25, -0.2) is 0 Å². The number of rotatable bonds is 12. The third-order valence-corrected chi connectivity index (χ3v) is 5.67. The zero-order valence-corrected chi connectivity index (χ0v) is 17.9. The third-order valence-electron chi connectivity index (χ3n) is 5.08. The normalized spacial score (nSPS) is 19.8. The lowest BCUT2D eigenvalue weighted by Gasteiger charge is -2.14. The Morgan fingerprint density at radius 1 is 0.724 bits per heavy atom. The van der Waals surface area contributed by atoms with E-state index in [1.54, 1.807) is 0 Å². The highest BCUT2D eigenvalue weighted by molar-refractivity contribution is 6.32. The largest absolute Gasteiger partial charge is 0.492 e. The van der Waals surface area contributed by atoms with E-state index in [0.29, 0.717) is 35.5 Å². The molecule has 2 heterocycles. The third kappa shape index (κ3) is 6.26. The second kappa shape index (κ2) is 10.0. The van der Waals surface area contributed by atoms with E-state index < -0.39 is 0 Å². The van der Waals surface area contributed by atoms with Crippen LogP contribution in [0.1, 0.15) is 30.4 Å². The van der Waals surface area contributed by atoms with E-state index in [-0.39, 0.29) is 0 Å². The minimum absolute atomic E-state index is 0.314. The first kappa shape index (κ1) is 20.8. The van der Waals surface area contributed by atoms with E-state index in [1.165, 1.54) is 0 Å². The topological polar surface area (TPSA) is 43.5 Å². The van der Waals surface area contributed by atoms with Crippen molar-refractivity contribution in [3.05, 3.63) is 57.6 Å². The Bertz CT molecular complexity index is 751. The second-order valence-electron chi connectivity index (χ2n) is 7.53. The maximum Gasteiger partial charge on any atom is 0.141 e. The van der Waals surface area contributed by atoms with Crippen molar-refractivity contribution < 1.29 is 18.9 Å². The molecule has 2 atom stereocenters. The van der Waals surface area contributed by atoms with Crippen LogP contribution in [0.2, 0.25) is 10.0 Å². The molecule has 2 aliphatic rings. The van der Waals surface area contributed by atoms with Gasteiger partial charge >= 0.3 is 0 Å². The molecule has 0 amide bonds. The number of ether oxygens (including phenoxy) is 4. The van der Waals surface area contributed by atoms with Crippen LogP contribution in [-0.2, 0) is 22.3 Å². The molecule has 2 fully saturated rings. The molecule has 2 aromatic carbocycles. The first-order valence-corrected chi connectivity index (χ1v) is 11.0. The van der Waals surface area contributed by atoms with Crippen molar-refractivity contribution in [3.8, 4) is 11.5 Å². The first-order valence-electron chi connectivity index (χ1n) is 10.2. The smallest absolute Gasteiger partial charge is 0.141 e. The highest BCUT2D eigenvalue weighted by Crippen LogP contribution is 2.33. The molecule has 2 unspecified atom stereocenters. The van der Waals surface area contributed by atoms with Gasteiger partial charge in [0.2, 0.25) is 0 Å². The summed E-state index contributed by atoms with van der Waals surface area (Å²) in [6.07, 6.45) is 5.24. The molecule has 0 aromatic heterocycles. The van der Waals surface area contributed by atoms with Crippen LogP contribution in [0.15, 0.2) is 36.4 Å². The van der Waals surface area contributed by atoms with Crippen LogP contribution < -0.4 is 9.47 Å². The van der Waals surface area contributed by atoms with Gasteiger partial charge in [0.05, 0.1) is 48.7 Å². The number of epoxide rings is 2. The standard InChI is InChI=1S/C23H26Cl2O4/c24-20-8-4-6-16(12-18-14-28-18)22(20)26-10-2-1-3-11-27-23-17(13-19-15-29-19)7-5-9-21(23)25/h4-9,18-19H,1-3,10-15H2. The van der Waals surface area contributed by atoms with Gasteiger partial charge in [-0.15, -0.1) is 0 Å². The summed E-state index contributed by atoms with van der Waals surface area (Å²) < 4.78 is 22.6. The minimum atomic E-state index is 0.314. The van der Waals surface area contributed by atoms with Gasteiger partial charge in [-0.2, -0.15) is 0 Å². The molecule has 0 spiro atoms. The van der Waals surface area contributed by atoms with E-state index in [2.05, 4.69) is 12.1 Å². The van der Waals surface area contributed by atoms with E-state index in [9.17, 15) is 0 Å². The number of unbranched alkanes of at least 4 members (excludes halogenated alkanes) is 2. The van der Waals surface area contributed by atoms with Crippen LogP contribution in [-0.4, -0.2) is 38.6 Å². The van der Waals surface area contributed by atoms with Crippen molar-refractivity contribution in [2.45, 2.75) is 44.3 Å². The Labute approximate surface area is 182 Å².